The third-order valence-corrected chi connectivity index (χ3v) is 12.1. The van der Waals surface area contributed by atoms with Crippen molar-refractivity contribution in [3.8, 4) is 17.2 Å². The number of benzene rings is 1. The lowest BCUT2D eigenvalue weighted by Gasteiger charge is -2.38. The van der Waals surface area contributed by atoms with E-state index >= 15 is 0 Å². The maximum atomic E-state index is 5.48. The molecule has 1 aromatic carbocycles. The predicted molar refractivity (Wildman–Crippen MR) is 123 cm³/mol. The number of hydrogen-bond acceptors (Lipinski definition) is 3. The minimum Gasteiger partial charge on any atom is -0.497 e. The normalized spacial score (nSPS) is 11.5. The SMILES string of the molecule is COc1ccc(N(C)c2ccccn2)c(C#C[Si](C(C)C)(C(C)C)C(C)C)c1. The van der Waals surface area contributed by atoms with Crippen molar-refractivity contribution in [1.82, 2.24) is 4.98 Å². The zero-order chi connectivity index (χ0) is 20.9. The van der Waals surface area contributed by atoms with Crippen LogP contribution in [0.1, 0.15) is 47.1 Å². The highest BCUT2D eigenvalue weighted by Gasteiger charge is 2.41. The molecule has 0 fully saturated rings. The van der Waals surface area contributed by atoms with Crippen molar-refractivity contribution < 1.29 is 4.74 Å². The predicted octanol–water partition coefficient (Wildman–Crippen LogP) is 6.43. The van der Waals surface area contributed by atoms with Crippen LogP contribution in [0.5, 0.6) is 5.75 Å². The summed E-state index contributed by atoms with van der Waals surface area (Å²) in [6, 6.07) is 12.0. The zero-order valence-corrected chi connectivity index (χ0v) is 19.6. The first-order valence-electron chi connectivity index (χ1n) is 10.1. The van der Waals surface area contributed by atoms with Gasteiger partial charge in [-0.1, -0.05) is 53.5 Å². The van der Waals surface area contributed by atoms with Crippen LogP contribution < -0.4 is 9.64 Å². The van der Waals surface area contributed by atoms with Crippen LogP contribution in [0.4, 0.5) is 11.5 Å². The van der Waals surface area contributed by atoms with Crippen LogP contribution in [0, 0.1) is 11.5 Å². The third kappa shape index (κ3) is 4.42. The molecule has 0 unspecified atom stereocenters. The molecule has 0 bridgehead atoms. The van der Waals surface area contributed by atoms with E-state index in [-0.39, 0.29) is 0 Å². The second-order valence-corrected chi connectivity index (χ2v) is 13.9. The van der Waals surface area contributed by atoms with Gasteiger partial charge in [-0.25, -0.2) is 4.98 Å². The van der Waals surface area contributed by atoms with Crippen molar-refractivity contribution in [2.75, 3.05) is 19.1 Å². The Morgan fingerprint density at radius 2 is 1.61 bits per heavy atom. The maximum Gasteiger partial charge on any atom is 0.146 e. The van der Waals surface area contributed by atoms with E-state index in [4.69, 9.17) is 4.74 Å². The second kappa shape index (κ2) is 9.30. The van der Waals surface area contributed by atoms with Crippen LogP contribution in [0.2, 0.25) is 16.6 Å². The van der Waals surface area contributed by atoms with Gasteiger partial charge < -0.3 is 9.64 Å². The molecule has 3 nitrogen and oxygen atoms in total. The van der Waals surface area contributed by atoms with E-state index in [9.17, 15) is 0 Å². The lowest BCUT2D eigenvalue weighted by atomic mass is 10.1. The molecule has 0 aliphatic rings. The van der Waals surface area contributed by atoms with Gasteiger partial charge >= 0.3 is 0 Å². The van der Waals surface area contributed by atoms with Crippen LogP contribution >= 0.6 is 0 Å². The van der Waals surface area contributed by atoms with Crippen molar-refractivity contribution in [2.45, 2.75) is 58.2 Å². The smallest absolute Gasteiger partial charge is 0.146 e. The van der Waals surface area contributed by atoms with Gasteiger partial charge in [-0.05, 0) is 47.0 Å². The number of pyridine rings is 1. The summed E-state index contributed by atoms with van der Waals surface area (Å²) in [6.45, 7) is 14.0. The van der Waals surface area contributed by atoms with Crippen LogP contribution in [0.3, 0.4) is 0 Å². The number of ether oxygens (including phenoxy) is 1. The standard InChI is InChI=1S/C24H34N2OSi/c1-18(2)28(19(3)4,20(5)6)16-14-21-17-22(27-8)12-13-23(21)26(7)24-11-9-10-15-25-24/h9-13,15,17-20H,1-8H3. The number of anilines is 2. The van der Waals surface area contributed by atoms with E-state index in [0.717, 1.165) is 22.8 Å². The summed E-state index contributed by atoms with van der Waals surface area (Å²) < 4.78 is 5.48. The van der Waals surface area contributed by atoms with Gasteiger partial charge in [0.15, 0.2) is 0 Å². The summed E-state index contributed by atoms with van der Waals surface area (Å²) in [5, 5.41) is 0. The van der Waals surface area contributed by atoms with Crippen LogP contribution in [0.25, 0.3) is 0 Å². The Morgan fingerprint density at radius 3 is 2.11 bits per heavy atom. The summed E-state index contributed by atoms with van der Waals surface area (Å²) in [5.41, 5.74) is 7.67. The van der Waals surface area contributed by atoms with Crippen molar-refractivity contribution in [3.05, 3.63) is 48.2 Å². The minimum atomic E-state index is -1.81. The zero-order valence-electron chi connectivity index (χ0n) is 18.6. The highest BCUT2D eigenvalue weighted by molar-refractivity contribution is 6.90. The number of rotatable bonds is 6. The molecular formula is C24H34N2OSi. The summed E-state index contributed by atoms with van der Waals surface area (Å²) in [5.74, 6) is 5.31. The Morgan fingerprint density at radius 1 is 0.964 bits per heavy atom. The van der Waals surface area contributed by atoms with Crippen LogP contribution in [-0.2, 0) is 0 Å². The van der Waals surface area contributed by atoms with Gasteiger partial charge in [0.2, 0.25) is 0 Å². The average molecular weight is 395 g/mol. The Kier molecular flexibility index (Phi) is 7.32. The Hall–Kier alpha value is -2.25. The maximum absolute atomic E-state index is 5.48. The molecule has 0 radical (unpaired) electrons. The highest BCUT2D eigenvalue weighted by Crippen LogP contribution is 2.41. The van der Waals surface area contributed by atoms with E-state index in [1.54, 1.807) is 7.11 Å². The third-order valence-electron chi connectivity index (χ3n) is 5.84. The van der Waals surface area contributed by atoms with Gasteiger partial charge in [0, 0.05) is 13.2 Å². The molecule has 28 heavy (non-hydrogen) atoms. The molecule has 2 rings (SSSR count). The van der Waals surface area contributed by atoms with E-state index in [2.05, 4.69) is 69.0 Å². The van der Waals surface area contributed by atoms with E-state index in [1.165, 1.54) is 0 Å². The topological polar surface area (TPSA) is 25.4 Å². The quantitative estimate of drug-likeness (QED) is 0.417. The van der Waals surface area contributed by atoms with Crippen molar-refractivity contribution in [3.63, 3.8) is 0 Å². The van der Waals surface area contributed by atoms with E-state index < -0.39 is 8.07 Å². The Bertz CT molecular complexity index is 813. The fourth-order valence-electron chi connectivity index (χ4n) is 4.32. The van der Waals surface area contributed by atoms with Crippen LogP contribution in [0.15, 0.2) is 42.6 Å². The summed E-state index contributed by atoms with van der Waals surface area (Å²) >= 11 is 0. The summed E-state index contributed by atoms with van der Waals surface area (Å²) in [7, 11) is 1.92. The molecule has 0 atom stereocenters. The van der Waals surface area contributed by atoms with Crippen molar-refractivity contribution >= 4 is 19.6 Å². The highest BCUT2D eigenvalue weighted by atomic mass is 28.3. The number of methoxy groups -OCH3 is 1. The molecule has 0 N–H and O–H groups in total. The minimum absolute atomic E-state index is 0.600. The first-order chi connectivity index (χ1) is 13.2. The summed E-state index contributed by atoms with van der Waals surface area (Å²) in [6.07, 6.45) is 1.81. The fraction of sp³-hybridized carbons (Fsp3) is 0.458. The molecule has 0 saturated heterocycles. The van der Waals surface area contributed by atoms with Crippen molar-refractivity contribution in [2.24, 2.45) is 0 Å². The van der Waals surface area contributed by atoms with Crippen molar-refractivity contribution in [1.29, 1.82) is 0 Å². The molecule has 150 valence electrons. The van der Waals surface area contributed by atoms with E-state index in [0.29, 0.717) is 16.6 Å². The number of nitrogens with zero attached hydrogens (tertiary/aromatic N) is 2. The molecule has 1 aromatic heterocycles. The van der Waals surface area contributed by atoms with Crippen LogP contribution in [-0.4, -0.2) is 27.2 Å². The molecule has 0 spiro atoms. The van der Waals surface area contributed by atoms with Gasteiger partial charge in [-0.2, -0.15) is 0 Å². The van der Waals surface area contributed by atoms with Gasteiger partial charge in [0.1, 0.15) is 19.6 Å². The molecule has 2 aromatic rings. The second-order valence-electron chi connectivity index (χ2n) is 8.28. The van der Waals surface area contributed by atoms with Gasteiger partial charge in [0.05, 0.1) is 18.4 Å². The van der Waals surface area contributed by atoms with Gasteiger partial charge in [0.25, 0.3) is 0 Å². The molecule has 0 aliphatic carbocycles. The summed E-state index contributed by atoms with van der Waals surface area (Å²) in [4.78, 5) is 6.58. The monoisotopic (exact) mass is 394 g/mol. The number of hydrogen-bond donors (Lipinski definition) is 0. The van der Waals surface area contributed by atoms with Gasteiger partial charge in [-0.3, -0.25) is 0 Å². The van der Waals surface area contributed by atoms with E-state index in [1.807, 2.05) is 43.6 Å². The lowest BCUT2D eigenvalue weighted by molar-refractivity contribution is 0.414. The Labute approximate surface area is 172 Å². The number of aromatic nitrogens is 1. The largest absolute Gasteiger partial charge is 0.497 e. The Balaban J connectivity index is 2.60. The molecular weight excluding hydrogens is 360 g/mol. The first-order valence-corrected chi connectivity index (χ1v) is 12.3. The molecule has 0 amide bonds. The fourth-order valence-corrected chi connectivity index (χ4v) is 9.54. The average Bonchev–Trinajstić information content (AvgIpc) is 2.67. The molecule has 1 heterocycles. The molecule has 0 saturated carbocycles. The molecule has 0 aliphatic heterocycles. The van der Waals surface area contributed by atoms with Gasteiger partial charge in [-0.15, -0.1) is 5.54 Å². The molecule has 4 heteroatoms. The lowest BCUT2D eigenvalue weighted by Crippen LogP contribution is -2.43. The first kappa shape index (κ1) is 22.0.